The molecule has 0 saturated carbocycles. The molecule has 0 N–H and O–H groups in total. The first-order valence-corrected chi connectivity index (χ1v) is 1.27. The van der Waals surface area contributed by atoms with Gasteiger partial charge in [0.15, 0.2) is 0 Å². The summed E-state index contributed by atoms with van der Waals surface area (Å²) in [6, 6.07) is 0. The van der Waals surface area contributed by atoms with Gasteiger partial charge in [-0.1, -0.05) is 0 Å². The van der Waals surface area contributed by atoms with Gasteiger partial charge in [-0.3, -0.25) is 0 Å². The molecule has 0 atom stereocenters. The van der Waals surface area contributed by atoms with E-state index < -0.39 is 14.8 Å². The Morgan fingerprint density at radius 2 is 1.00 bits per heavy atom. The van der Waals surface area contributed by atoms with E-state index in [-0.39, 0.29) is 34.0 Å². The molecule has 0 unspecified atom stereocenters. The Balaban J connectivity index is -0.0000000200. The van der Waals surface area contributed by atoms with E-state index in [9.17, 15) is 0 Å². The summed E-state index contributed by atoms with van der Waals surface area (Å²) in [7, 11) is 0. The Bertz CT molecular complexity index is 28.6. The zero-order valence-corrected chi connectivity index (χ0v) is 6.62. The molecule has 0 rings (SSSR count). The second-order valence-corrected chi connectivity index (χ2v) is 0.260. The fourth-order valence-corrected chi connectivity index (χ4v) is 0. The van der Waals surface area contributed by atoms with E-state index in [1.165, 1.54) is 0 Å². The first-order valence-electron chi connectivity index (χ1n) is 0.309. The van der Waals surface area contributed by atoms with Crippen LogP contribution in [0, 0.1) is 0 Å². The maximum atomic E-state index is 8.41. The van der Waals surface area contributed by atoms with Gasteiger partial charge in [-0.2, -0.15) is 0 Å². The second-order valence-electron chi connectivity index (χ2n) is 0.0630. The van der Waals surface area contributed by atoms with Crippen LogP contribution in [0.3, 0.4) is 0 Å². The molecule has 0 aliphatic heterocycles. The maximum absolute atomic E-state index is 8.41. The Morgan fingerprint density at radius 1 is 1.00 bits per heavy atom. The van der Waals surface area contributed by atoms with Crippen LogP contribution in [0.5, 0.6) is 0 Å². The molecule has 0 amide bonds. The van der Waals surface area contributed by atoms with E-state index in [4.69, 9.17) is 7.67 Å². The van der Waals surface area contributed by atoms with Crippen molar-refractivity contribution >= 4 is 34.0 Å². The molecule has 0 aromatic heterocycles. The number of hydrogen-bond acceptors (Lipinski definition) is 2. The van der Waals surface area contributed by atoms with E-state index in [1.54, 1.807) is 0 Å². The van der Waals surface area contributed by atoms with Crippen LogP contribution >= 0.6 is 34.0 Å². The molecule has 35 valence electrons. The predicted octanol–water partition coefficient (Wildman–Crippen LogP) is 0.916. The van der Waals surface area contributed by atoms with Gasteiger partial charge in [0.05, 0.1) is 0 Å². The predicted molar refractivity (Wildman–Crippen MR) is 22.0 cm³/mol. The summed E-state index contributed by atoms with van der Waals surface area (Å²) in [4.78, 5) is 0. The van der Waals surface area contributed by atoms with E-state index >= 15 is 0 Å². The summed E-state index contributed by atoms with van der Waals surface area (Å²) in [5.41, 5.74) is 0. The molecule has 0 aromatic rings. The Labute approximate surface area is 56.4 Å². The summed E-state index contributed by atoms with van der Waals surface area (Å²) in [6.07, 6.45) is 0. The Kier molecular flexibility index (Phi) is 64.7. The first kappa shape index (κ1) is 16.5. The van der Waals surface area contributed by atoms with Crippen molar-refractivity contribution in [2.45, 2.75) is 0 Å². The van der Waals surface area contributed by atoms with Gasteiger partial charge in [-0.05, 0) is 0 Å². The van der Waals surface area contributed by atoms with Crippen molar-refractivity contribution in [3.8, 4) is 0 Å². The fourth-order valence-electron chi connectivity index (χ4n) is 0. The van der Waals surface area contributed by atoms with E-state index in [0.29, 0.717) is 0 Å². The third kappa shape index (κ3) is 41.3. The van der Waals surface area contributed by atoms with Gasteiger partial charge in [0.1, 0.15) is 0 Å². The van der Waals surface area contributed by atoms with Gasteiger partial charge in [-0.25, -0.2) is 0 Å². The van der Waals surface area contributed by atoms with Crippen LogP contribution in [-0.4, -0.2) is 0 Å². The van der Waals surface area contributed by atoms with Crippen LogP contribution in [0.4, 0.5) is 0 Å². The van der Waals surface area contributed by atoms with Gasteiger partial charge in [-0.15, -0.1) is 34.0 Å². The van der Waals surface area contributed by atoms with Gasteiger partial charge in [0.2, 0.25) is 0 Å². The van der Waals surface area contributed by atoms with Gasteiger partial charge < -0.3 is 0 Å². The minimum atomic E-state index is -1.44. The van der Waals surface area contributed by atoms with Crippen molar-refractivity contribution in [1.29, 1.82) is 0 Å². The molecule has 5 heteroatoms. The molecule has 0 bridgehead atoms. The van der Waals surface area contributed by atoms with Crippen molar-refractivity contribution in [2.75, 3.05) is 0 Å². The quantitative estimate of drug-likeness (QED) is 0.598. The van der Waals surface area contributed by atoms with Crippen molar-refractivity contribution in [2.24, 2.45) is 0 Å². The van der Waals surface area contributed by atoms with Crippen molar-refractivity contribution < 1.29 is 22.5 Å². The molecule has 0 fully saturated rings. The van der Waals surface area contributed by atoms with Crippen molar-refractivity contribution in [3.63, 3.8) is 0 Å². The monoisotopic (exact) mass is 247 g/mol. The average molecular weight is 249 g/mol. The van der Waals surface area contributed by atoms with Crippen LogP contribution in [0.15, 0.2) is 0 Å². The second kappa shape index (κ2) is 19.5. The Hall–Kier alpha value is 1.08. The standard InChI is InChI=1S/2BrH.Mn.2O/h2*1H;;;. The van der Waals surface area contributed by atoms with E-state index in [0.717, 1.165) is 0 Å². The molecule has 0 spiro atoms. The van der Waals surface area contributed by atoms with Crippen LogP contribution in [0.25, 0.3) is 0 Å². The van der Waals surface area contributed by atoms with Gasteiger partial charge >= 0.3 is 22.5 Å². The van der Waals surface area contributed by atoms with Crippen LogP contribution in [-0.2, 0) is 22.5 Å². The number of hydrogen-bond donors (Lipinski definition) is 0. The summed E-state index contributed by atoms with van der Waals surface area (Å²) in [5, 5.41) is 0. The zero-order chi connectivity index (χ0) is 2.71. The molecule has 0 heterocycles. The fraction of sp³-hybridized carbons (Fsp3) is 0. The van der Waals surface area contributed by atoms with Crippen LogP contribution in [0.1, 0.15) is 0 Å². The third-order valence-electron chi connectivity index (χ3n) is 0. The first-order chi connectivity index (χ1) is 1.41. The van der Waals surface area contributed by atoms with Crippen LogP contribution in [0.2, 0.25) is 0 Å². The van der Waals surface area contributed by atoms with E-state index in [1.807, 2.05) is 0 Å². The molecule has 0 aromatic carbocycles. The van der Waals surface area contributed by atoms with Gasteiger partial charge in [0, 0.05) is 0 Å². The third-order valence-corrected chi connectivity index (χ3v) is 0. The molecule has 0 aliphatic rings. The molecule has 2 nitrogen and oxygen atoms in total. The summed E-state index contributed by atoms with van der Waals surface area (Å²) >= 11 is -1.44. The average Bonchev–Trinajstić information content (AvgIpc) is 0.918. The SMILES string of the molecule is Br.Br.[O]=[Mn]=[O]. The molecule has 0 radical (unpaired) electrons. The topological polar surface area (TPSA) is 34.1 Å². The molecule has 5 heavy (non-hydrogen) atoms. The minimum absolute atomic E-state index is 0. The summed E-state index contributed by atoms with van der Waals surface area (Å²) in [6.45, 7) is 0. The normalized spacial score (nSPS) is 2.40. The molecule has 0 aliphatic carbocycles. The van der Waals surface area contributed by atoms with Gasteiger partial charge in [0.25, 0.3) is 0 Å². The number of halogens is 2. The molecular weight excluding hydrogens is 247 g/mol. The Morgan fingerprint density at radius 3 is 1.00 bits per heavy atom. The van der Waals surface area contributed by atoms with Crippen molar-refractivity contribution in [3.05, 3.63) is 0 Å². The summed E-state index contributed by atoms with van der Waals surface area (Å²) < 4.78 is 16.8. The zero-order valence-electron chi connectivity index (χ0n) is 2.01. The van der Waals surface area contributed by atoms with Crippen LogP contribution < -0.4 is 0 Å². The molecular formula is H2Br2MnO2. The van der Waals surface area contributed by atoms with Crippen molar-refractivity contribution in [1.82, 2.24) is 0 Å². The number of rotatable bonds is 0. The summed E-state index contributed by atoms with van der Waals surface area (Å²) in [5.74, 6) is 0. The molecule has 0 saturated heterocycles. The van der Waals surface area contributed by atoms with E-state index in [2.05, 4.69) is 0 Å².